The van der Waals surface area contributed by atoms with E-state index in [2.05, 4.69) is 22.9 Å². The maximum Gasteiger partial charge on any atom is 0.319 e. The molecule has 1 aromatic rings. The number of hydrogen-bond acceptors (Lipinski definition) is 2. The number of urea groups is 1. The number of amides is 3. The molecule has 0 aromatic heterocycles. The van der Waals surface area contributed by atoms with E-state index in [1.807, 2.05) is 6.92 Å². The molecular weight excluding hydrogens is 254 g/mol. The van der Waals surface area contributed by atoms with Crippen LogP contribution in [0.2, 0.25) is 0 Å². The van der Waals surface area contributed by atoms with Gasteiger partial charge in [0.25, 0.3) is 5.91 Å². The Morgan fingerprint density at radius 2 is 1.90 bits per heavy atom. The third-order valence-corrected chi connectivity index (χ3v) is 2.79. The van der Waals surface area contributed by atoms with Gasteiger partial charge in [-0.2, -0.15) is 0 Å². The lowest BCUT2D eigenvalue weighted by Crippen LogP contribution is -2.29. The fraction of sp³-hybridized carbons (Fsp3) is 0.467. The van der Waals surface area contributed by atoms with E-state index in [9.17, 15) is 9.59 Å². The van der Waals surface area contributed by atoms with Crippen LogP contribution in [-0.4, -0.2) is 25.0 Å². The fourth-order valence-electron chi connectivity index (χ4n) is 1.75. The van der Waals surface area contributed by atoms with Gasteiger partial charge in [-0.05, 0) is 31.5 Å². The predicted octanol–water partition coefficient (Wildman–Crippen LogP) is 2.75. The zero-order valence-corrected chi connectivity index (χ0v) is 12.2. The standard InChI is InChI=1S/C15H23N3O2/c1-3-5-6-10-17-15(20)18-13-9-7-8-12(11-13)14(19)16-4-2/h7-9,11H,3-6,10H2,1-2H3,(H,16,19)(H2,17,18,20). The number of carbonyl (C=O) groups is 2. The maximum atomic E-state index is 11.7. The van der Waals surface area contributed by atoms with Gasteiger partial charge in [0.15, 0.2) is 0 Å². The van der Waals surface area contributed by atoms with Gasteiger partial charge < -0.3 is 16.0 Å². The largest absolute Gasteiger partial charge is 0.352 e. The van der Waals surface area contributed by atoms with E-state index in [-0.39, 0.29) is 11.9 Å². The summed E-state index contributed by atoms with van der Waals surface area (Å²) in [5.41, 5.74) is 1.15. The lowest BCUT2D eigenvalue weighted by atomic mass is 10.2. The zero-order valence-electron chi connectivity index (χ0n) is 12.2. The van der Waals surface area contributed by atoms with Crippen LogP contribution < -0.4 is 16.0 Å². The molecule has 0 heterocycles. The van der Waals surface area contributed by atoms with Crippen LogP contribution in [0, 0.1) is 0 Å². The number of hydrogen-bond donors (Lipinski definition) is 3. The Hall–Kier alpha value is -2.04. The first-order valence-corrected chi connectivity index (χ1v) is 7.10. The average molecular weight is 277 g/mol. The van der Waals surface area contributed by atoms with Crippen LogP contribution in [0.15, 0.2) is 24.3 Å². The number of unbranched alkanes of at least 4 members (excludes halogenated alkanes) is 2. The van der Waals surface area contributed by atoms with Crippen molar-refractivity contribution in [2.45, 2.75) is 33.1 Å². The summed E-state index contributed by atoms with van der Waals surface area (Å²) in [5, 5.41) is 8.24. The van der Waals surface area contributed by atoms with E-state index in [0.717, 1.165) is 19.3 Å². The normalized spacial score (nSPS) is 9.90. The summed E-state index contributed by atoms with van der Waals surface area (Å²) in [7, 11) is 0. The molecule has 0 bridgehead atoms. The molecule has 1 rings (SSSR count). The fourth-order valence-corrected chi connectivity index (χ4v) is 1.75. The van der Waals surface area contributed by atoms with Crippen LogP contribution in [0.25, 0.3) is 0 Å². The van der Waals surface area contributed by atoms with Crippen LogP contribution in [0.5, 0.6) is 0 Å². The van der Waals surface area contributed by atoms with E-state index >= 15 is 0 Å². The first-order chi connectivity index (χ1) is 9.67. The molecule has 0 fully saturated rings. The van der Waals surface area contributed by atoms with Gasteiger partial charge in [0.1, 0.15) is 0 Å². The summed E-state index contributed by atoms with van der Waals surface area (Å²) in [6, 6.07) is 6.64. The summed E-state index contributed by atoms with van der Waals surface area (Å²) in [4.78, 5) is 23.3. The molecule has 0 saturated heterocycles. The third-order valence-electron chi connectivity index (χ3n) is 2.79. The first kappa shape index (κ1) is 16.0. The number of rotatable bonds is 7. The Morgan fingerprint density at radius 3 is 2.60 bits per heavy atom. The molecular formula is C15H23N3O2. The molecule has 3 N–H and O–H groups in total. The molecule has 0 aliphatic carbocycles. The molecule has 0 radical (unpaired) electrons. The van der Waals surface area contributed by atoms with E-state index in [1.165, 1.54) is 0 Å². The topological polar surface area (TPSA) is 70.2 Å². The van der Waals surface area contributed by atoms with Gasteiger partial charge in [0.05, 0.1) is 0 Å². The summed E-state index contributed by atoms with van der Waals surface area (Å²) in [5.74, 6) is -0.139. The smallest absolute Gasteiger partial charge is 0.319 e. The quantitative estimate of drug-likeness (QED) is 0.671. The second-order valence-corrected chi connectivity index (χ2v) is 4.53. The molecule has 20 heavy (non-hydrogen) atoms. The predicted molar refractivity (Wildman–Crippen MR) is 81.0 cm³/mol. The number of carbonyl (C=O) groups excluding carboxylic acids is 2. The van der Waals surface area contributed by atoms with Gasteiger partial charge in [-0.1, -0.05) is 25.8 Å². The van der Waals surface area contributed by atoms with E-state index in [0.29, 0.717) is 24.3 Å². The van der Waals surface area contributed by atoms with Crippen molar-refractivity contribution < 1.29 is 9.59 Å². The highest BCUT2D eigenvalue weighted by molar-refractivity contribution is 5.96. The highest BCUT2D eigenvalue weighted by atomic mass is 16.2. The maximum absolute atomic E-state index is 11.7. The first-order valence-electron chi connectivity index (χ1n) is 7.10. The summed E-state index contributed by atoms with van der Waals surface area (Å²) < 4.78 is 0. The Balaban J connectivity index is 2.49. The van der Waals surface area contributed by atoms with Crippen molar-refractivity contribution in [2.75, 3.05) is 18.4 Å². The van der Waals surface area contributed by atoms with E-state index < -0.39 is 0 Å². The highest BCUT2D eigenvalue weighted by Crippen LogP contribution is 2.10. The van der Waals surface area contributed by atoms with Gasteiger partial charge in [0, 0.05) is 24.3 Å². The summed E-state index contributed by atoms with van der Waals surface area (Å²) in [6.07, 6.45) is 3.20. The van der Waals surface area contributed by atoms with Crippen molar-refractivity contribution in [1.82, 2.24) is 10.6 Å². The van der Waals surface area contributed by atoms with Crippen molar-refractivity contribution in [3.05, 3.63) is 29.8 Å². The van der Waals surface area contributed by atoms with Gasteiger partial charge in [-0.3, -0.25) is 4.79 Å². The minimum Gasteiger partial charge on any atom is -0.352 e. The van der Waals surface area contributed by atoms with Crippen molar-refractivity contribution in [3.63, 3.8) is 0 Å². The SMILES string of the molecule is CCCCCNC(=O)Nc1cccc(C(=O)NCC)c1. The van der Waals surface area contributed by atoms with Crippen molar-refractivity contribution in [3.8, 4) is 0 Å². The van der Waals surface area contributed by atoms with Crippen molar-refractivity contribution in [2.24, 2.45) is 0 Å². The van der Waals surface area contributed by atoms with Crippen LogP contribution in [0.3, 0.4) is 0 Å². The Kier molecular flexibility index (Phi) is 7.17. The zero-order chi connectivity index (χ0) is 14.8. The van der Waals surface area contributed by atoms with Crippen molar-refractivity contribution in [1.29, 1.82) is 0 Å². The molecule has 0 atom stereocenters. The Labute approximate surface area is 120 Å². The third kappa shape index (κ3) is 5.73. The van der Waals surface area contributed by atoms with Gasteiger partial charge in [-0.15, -0.1) is 0 Å². The lowest BCUT2D eigenvalue weighted by Gasteiger charge is -2.09. The molecule has 110 valence electrons. The van der Waals surface area contributed by atoms with Crippen LogP contribution in [0.1, 0.15) is 43.5 Å². The molecule has 0 aliphatic rings. The van der Waals surface area contributed by atoms with E-state index in [1.54, 1.807) is 24.3 Å². The summed E-state index contributed by atoms with van der Waals surface area (Å²) >= 11 is 0. The van der Waals surface area contributed by atoms with Gasteiger partial charge >= 0.3 is 6.03 Å². The molecule has 3 amide bonds. The van der Waals surface area contributed by atoms with Crippen LogP contribution in [0.4, 0.5) is 10.5 Å². The monoisotopic (exact) mass is 277 g/mol. The Bertz CT molecular complexity index is 446. The number of benzene rings is 1. The van der Waals surface area contributed by atoms with Crippen LogP contribution in [-0.2, 0) is 0 Å². The van der Waals surface area contributed by atoms with Gasteiger partial charge in [-0.25, -0.2) is 4.79 Å². The van der Waals surface area contributed by atoms with Crippen LogP contribution >= 0.6 is 0 Å². The van der Waals surface area contributed by atoms with Crippen molar-refractivity contribution >= 4 is 17.6 Å². The number of nitrogens with one attached hydrogen (secondary N) is 3. The minimum atomic E-state index is -0.242. The molecule has 0 unspecified atom stereocenters. The number of anilines is 1. The highest BCUT2D eigenvalue weighted by Gasteiger charge is 2.06. The lowest BCUT2D eigenvalue weighted by molar-refractivity contribution is 0.0956. The second kappa shape index (κ2) is 8.96. The molecule has 1 aromatic carbocycles. The minimum absolute atomic E-state index is 0.139. The summed E-state index contributed by atoms with van der Waals surface area (Å²) in [6.45, 7) is 5.22. The van der Waals surface area contributed by atoms with E-state index in [4.69, 9.17) is 0 Å². The Morgan fingerprint density at radius 1 is 1.10 bits per heavy atom. The molecule has 0 aliphatic heterocycles. The molecule has 0 spiro atoms. The molecule has 5 nitrogen and oxygen atoms in total. The molecule has 5 heteroatoms. The second-order valence-electron chi connectivity index (χ2n) is 4.53. The molecule has 0 saturated carbocycles. The van der Waals surface area contributed by atoms with Gasteiger partial charge in [0.2, 0.25) is 0 Å². The average Bonchev–Trinajstić information content (AvgIpc) is 2.44.